The van der Waals surface area contributed by atoms with Crippen LogP contribution >= 0.6 is 22.7 Å². The Morgan fingerprint density at radius 1 is 1.35 bits per heavy atom. The van der Waals surface area contributed by atoms with Gasteiger partial charge >= 0.3 is 0 Å². The van der Waals surface area contributed by atoms with Crippen LogP contribution in [0.2, 0.25) is 0 Å². The van der Waals surface area contributed by atoms with Crippen molar-refractivity contribution >= 4 is 34.4 Å². The van der Waals surface area contributed by atoms with Crippen LogP contribution in [-0.2, 0) is 11.3 Å². The lowest BCUT2D eigenvalue weighted by Gasteiger charge is -2.11. The van der Waals surface area contributed by atoms with Crippen molar-refractivity contribution in [1.29, 1.82) is 0 Å². The monoisotopic (exact) mass is 347 g/mol. The lowest BCUT2D eigenvalue weighted by Crippen LogP contribution is -2.21. The summed E-state index contributed by atoms with van der Waals surface area (Å²) in [7, 11) is 0. The van der Waals surface area contributed by atoms with Gasteiger partial charge in [-0.25, -0.2) is 4.68 Å². The number of aliphatic hydroxyl groups excluding tert-OH is 1. The molecule has 0 fully saturated rings. The molecule has 7 heteroatoms. The maximum Gasteiger partial charge on any atom is 0.233 e. The van der Waals surface area contributed by atoms with Crippen LogP contribution in [0, 0.1) is 0 Å². The van der Waals surface area contributed by atoms with Crippen LogP contribution in [0.4, 0.5) is 5.82 Å². The van der Waals surface area contributed by atoms with Crippen molar-refractivity contribution in [3.63, 3.8) is 0 Å². The highest BCUT2D eigenvalue weighted by molar-refractivity contribution is 7.13. The lowest BCUT2D eigenvalue weighted by molar-refractivity contribution is -0.117. The summed E-state index contributed by atoms with van der Waals surface area (Å²) in [5, 5.41) is 20.6. The third-order valence-electron chi connectivity index (χ3n) is 3.48. The molecule has 5 nitrogen and oxygen atoms in total. The molecule has 0 bridgehead atoms. The van der Waals surface area contributed by atoms with Crippen molar-refractivity contribution in [2.45, 2.75) is 19.4 Å². The number of rotatable bonds is 6. The second kappa shape index (κ2) is 7.08. The molecule has 0 spiro atoms. The van der Waals surface area contributed by atoms with E-state index < -0.39 is 0 Å². The standard InChI is InChI=1S/C16H17N3O2S2/c1-11(13-4-2-8-22-13)16(21)17-15-10-12(14-5-3-9-23-14)18-19(15)6-7-20/h2-5,8-11,20H,6-7H2,1H3,(H,17,21). The Morgan fingerprint density at radius 2 is 2.13 bits per heavy atom. The van der Waals surface area contributed by atoms with E-state index in [0.717, 1.165) is 15.4 Å². The zero-order chi connectivity index (χ0) is 16.2. The molecule has 3 aromatic heterocycles. The van der Waals surface area contributed by atoms with Crippen LogP contribution in [-0.4, -0.2) is 27.4 Å². The number of amides is 1. The second-order valence-electron chi connectivity index (χ2n) is 5.07. The van der Waals surface area contributed by atoms with Gasteiger partial charge in [-0.05, 0) is 29.8 Å². The minimum Gasteiger partial charge on any atom is -0.394 e. The van der Waals surface area contributed by atoms with Crippen molar-refractivity contribution in [3.8, 4) is 10.6 Å². The van der Waals surface area contributed by atoms with E-state index >= 15 is 0 Å². The maximum absolute atomic E-state index is 12.5. The Hall–Kier alpha value is -1.96. The van der Waals surface area contributed by atoms with Gasteiger partial charge in [0.25, 0.3) is 0 Å². The molecule has 0 aliphatic carbocycles. The van der Waals surface area contributed by atoms with Crippen LogP contribution in [0.1, 0.15) is 17.7 Å². The van der Waals surface area contributed by atoms with Gasteiger partial charge in [0.15, 0.2) is 0 Å². The fourth-order valence-corrected chi connectivity index (χ4v) is 3.69. The van der Waals surface area contributed by atoms with Gasteiger partial charge in [-0.2, -0.15) is 5.10 Å². The van der Waals surface area contributed by atoms with Crippen LogP contribution < -0.4 is 5.32 Å². The zero-order valence-electron chi connectivity index (χ0n) is 12.6. The van der Waals surface area contributed by atoms with Gasteiger partial charge in [0.05, 0.1) is 23.9 Å². The molecule has 1 atom stereocenters. The van der Waals surface area contributed by atoms with E-state index in [9.17, 15) is 9.90 Å². The molecule has 3 aromatic rings. The summed E-state index contributed by atoms with van der Waals surface area (Å²) in [6, 6.07) is 9.69. The molecule has 0 saturated carbocycles. The number of carbonyl (C=O) groups is 1. The number of aromatic nitrogens is 2. The van der Waals surface area contributed by atoms with E-state index in [2.05, 4.69) is 10.4 Å². The first kappa shape index (κ1) is 15.9. The predicted molar refractivity (Wildman–Crippen MR) is 94.0 cm³/mol. The zero-order valence-corrected chi connectivity index (χ0v) is 14.2. The smallest absolute Gasteiger partial charge is 0.233 e. The average molecular weight is 347 g/mol. The minimum absolute atomic E-state index is 0.0328. The molecule has 0 aliphatic rings. The molecule has 23 heavy (non-hydrogen) atoms. The van der Waals surface area contributed by atoms with Gasteiger partial charge in [-0.15, -0.1) is 22.7 Å². The molecule has 0 aromatic carbocycles. The van der Waals surface area contributed by atoms with Gasteiger partial charge in [-0.3, -0.25) is 4.79 Å². The van der Waals surface area contributed by atoms with Crippen LogP contribution in [0.3, 0.4) is 0 Å². The maximum atomic E-state index is 12.5. The third-order valence-corrected chi connectivity index (χ3v) is 5.43. The highest BCUT2D eigenvalue weighted by Crippen LogP contribution is 2.27. The van der Waals surface area contributed by atoms with Crippen molar-refractivity contribution < 1.29 is 9.90 Å². The average Bonchev–Trinajstić information content (AvgIpc) is 3.29. The number of nitrogens with zero attached hydrogens (tertiary/aromatic N) is 2. The number of carbonyl (C=O) groups excluding carboxylic acids is 1. The SMILES string of the molecule is CC(C(=O)Nc1cc(-c2cccs2)nn1CCO)c1cccs1. The van der Waals surface area contributed by atoms with E-state index in [4.69, 9.17) is 0 Å². The van der Waals surface area contributed by atoms with Gasteiger partial charge in [0.1, 0.15) is 11.5 Å². The van der Waals surface area contributed by atoms with Crippen molar-refractivity contribution in [2.75, 3.05) is 11.9 Å². The molecule has 0 saturated heterocycles. The van der Waals surface area contributed by atoms with E-state index in [1.807, 2.05) is 48.0 Å². The first-order valence-corrected chi connectivity index (χ1v) is 9.02. The minimum atomic E-state index is -0.224. The molecule has 1 unspecified atom stereocenters. The first-order valence-electron chi connectivity index (χ1n) is 7.26. The molecule has 1 amide bonds. The largest absolute Gasteiger partial charge is 0.394 e. The second-order valence-corrected chi connectivity index (χ2v) is 6.99. The third kappa shape index (κ3) is 3.52. The van der Waals surface area contributed by atoms with E-state index in [1.165, 1.54) is 0 Å². The predicted octanol–water partition coefficient (Wildman–Crippen LogP) is 3.41. The number of nitrogens with one attached hydrogen (secondary N) is 1. The molecule has 120 valence electrons. The normalized spacial score (nSPS) is 12.3. The number of anilines is 1. The van der Waals surface area contributed by atoms with Gasteiger partial charge in [0, 0.05) is 10.9 Å². The van der Waals surface area contributed by atoms with Gasteiger partial charge < -0.3 is 10.4 Å². The highest BCUT2D eigenvalue weighted by Gasteiger charge is 2.19. The Morgan fingerprint density at radius 3 is 2.78 bits per heavy atom. The Labute approximate surface area is 142 Å². The number of hydrogen-bond donors (Lipinski definition) is 2. The van der Waals surface area contributed by atoms with Crippen molar-refractivity contribution in [3.05, 3.63) is 46.0 Å². The number of aliphatic hydroxyl groups is 1. The van der Waals surface area contributed by atoms with E-state index in [1.54, 1.807) is 27.4 Å². The molecule has 0 radical (unpaired) electrons. The summed E-state index contributed by atoms with van der Waals surface area (Å²) in [6.07, 6.45) is 0. The molecule has 3 rings (SSSR count). The Bertz CT molecular complexity index is 763. The highest BCUT2D eigenvalue weighted by atomic mass is 32.1. The van der Waals surface area contributed by atoms with Gasteiger partial charge in [0.2, 0.25) is 5.91 Å². The van der Waals surface area contributed by atoms with Crippen molar-refractivity contribution in [1.82, 2.24) is 9.78 Å². The summed E-state index contributed by atoms with van der Waals surface area (Å²) < 4.78 is 1.63. The number of hydrogen-bond acceptors (Lipinski definition) is 5. The molecule has 2 N–H and O–H groups in total. The molecular weight excluding hydrogens is 330 g/mol. The Kier molecular flexibility index (Phi) is 4.90. The van der Waals surface area contributed by atoms with E-state index in [-0.39, 0.29) is 18.4 Å². The summed E-state index contributed by atoms with van der Waals surface area (Å²) >= 11 is 3.16. The Balaban J connectivity index is 1.82. The molecule has 3 heterocycles. The van der Waals surface area contributed by atoms with Crippen LogP contribution in [0.15, 0.2) is 41.1 Å². The molecular formula is C16H17N3O2S2. The lowest BCUT2D eigenvalue weighted by atomic mass is 10.1. The van der Waals surface area contributed by atoms with E-state index in [0.29, 0.717) is 12.4 Å². The van der Waals surface area contributed by atoms with Gasteiger partial charge in [-0.1, -0.05) is 12.1 Å². The molecule has 0 aliphatic heterocycles. The quantitative estimate of drug-likeness (QED) is 0.718. The summed E-state index contributed by atoms with van der Waals surface area (Å²) in [5.41, 5.74) is 0.799. The van der Waals surface area contributed by atoms with Crippen LogP contribution in [0.25, 0.3) is 10.6 Å². The summed E-state index contributed by atoms with van der Waals surface area (Å²) in [4.78, 5) is 14.5. The van der Waals surface area contributed by atoms with Crippen LogP contribution in [0.5, 0.6) is 0 Å². The fraction of sp³-hybridized carbons (Fsp3) is 0.250. The first-order chi connectivity index (χ1) is 11.2. The number of thiophene rings is 2. The summed E-state index contributed by atoms with van der Waals surface area (Å²) in [5.74, 6) is 0.304. The van der Waals surface area contributed by atoms with Crippen molar-refractivity contribution in [2.24, 2.45) is 0 Å². The summed E-state index contributed by atoms with van der Waals surface area (Å²) in [6.45, 7) is 2.19. The topological polar surface area (TPSA) is 67.2 Å². The fourth-order valence-electron chi connectivity index (χ4n) is 2.23.